The van der Waals surface area contributed by atoms with Gasteiger partial charge in [-0.1, -0.05) is 52.0 Å². The monoisotopic (exact) mass is 295 g/mol. The fourth-order valence-electron chi connectivity index (χ4n) is 2.47. The predicted molar refractivity (Wildman–Crippen MR) is 90.6 cm³/mol. The molecular formula is C19H25N3. The maximum atomic E-state index is 8.78. The van der Waals surface area contributed by atoms with Crippen molar-refractivity contribution in [3.63, 3.8) is 0 Å². The molecule has 0 saturated heterocycles. The summed E-state index contributed by atoms with van der Waals surface area (Å²) in [6, 6.07) is 11.8. The lowest BCUT2D eigenvalue weighted by molar-refractivity contribution is 0.211. The second kappa shape index (κ2) is 9.03. The van der Waals surface area contributed by atoms with Crippen LogP contribution >= 0.6 is 0 Å². The van der Waals surface area contributed by atoms with Gasteiger partial charge in [0.15, 0.2) is 0 Å². The SMILES string of the molecule is CC(C)CN(Cc1ccc(C=C(C#N)C#N)cc1)CC(C)C. The molecule has 0 heterocycles. The molecule has 0 unspecified atom stereocenters. The molecule has 0 atom stereocenters. The van der Waals surface area contributed by atoms with Crippen molar-refractivity contribution >= 4 is 6.08 Å². The minimum Gasteiger partial charge on any atom is -0.299 e. The summed E-state index contributed by atoms with van der Waals surface area (Å²) in [6.07, 6.45) is 1.61. The maximum Gasteiger partial charge on any atom is 0.130 e. The number of benzene rings is 1. The molecule has 3 heteroatoms. The zero-order chi connectivity index (χ0) is 16.5. The summed E-state index contributed by atoms with van der Waals surface area (Å²) in [5.74, 6) is 1.30. The van der Waals surface area contributed by atoms with Crippen molar-refractivity contribution in [3.8, 4) is 12.1 Å². The first-order valence-electron chi connectivity index (χ1n) is 7.77. The zero-order valence-corrected chi connectivity index (χ0v) is 14.0. The highest BCUT2D eigenvalue weighted by Gasteiger charge is 2.10. The maximum absolute atomic E-state index is 8.78. The van der Waals surface area contributed by atoms with Gasteiger partial charge in [0.2, 0.25) is 0 Å². The minimum atomic E-state index is 0.133. The molecule has 0 radical (unpaired) electrons. The highest BCUT2D eigenvalue weighted by Crippen LogP contribution is 2.13. The highest BCUT2D eigenvalue weighted by molar-refractivity contribution is 5.61. The minimum absolute atomic E-state index is 0.133. The van der Waals surface area contributed by atoms with Gasteiger partial charge in [0.1, 0.15) is 17.7 Å². The van der Waals surface area contributed by atoms with Crippen LogP contribution < -0.4 is 0 Å². The van der Waals surface area contributed by atoms with E-state index >= 15 is 0 Å². The molecular weight excluding hydrogens is 270 g/mol. The largest absolute Gasteiger partial charge is 0.299 e. The van der Waals surface area contributed by atoms with Gasteiger partial charge in [-0.2, -0.15) is 10.5 Å². The summed E-state index contributed by atoms with van der Waals surface area (Å²) >= 11 is 0. The first-order chi connectivity index (χ1) is 10.4. The smallest absolute Gasteiger partial charge is 0.130 e. The van der Waals surface area contributed by atoms with E-state index in [0.717, 1.165) is 25.2 Å². The Morgan fingerprint density at radius 3 is 1.91 bits per heavy atom. The third-order valence-electron chi connectivity index (χ3n) is 3.18. The van der Waals surface area contributed by atoms with Gasteiger partial charge in [-0.05, 0) is 29.0 Å². The van der Waals surface area contributed by atoms with Crippen molar-refractivity contribution in [3.05, 3.63) is 41.0 Å². The zero-order valence-electron chi connectivity index (χ0n) is 14.0. The standard InChI is InChI=1S/C19H25N3/c1-15(2)12-22(13-16(3)4)14-18-7-5-17(6-8-18)9-19(10-20)11-21/h5-9,15-16H,12-14H2,1-4H3. The summed E-state index contributed by atoms with van der Waals surface area (Å²) in [7, 11) is 0. The Labute approximate surface area is 134 Å². The molecule has 0 aliphatic carbocycles. The van der Waals surface area contributed by atoms with E-state index in [1.165, 1.54) is 5.56 Å². The van der Waals surface area contributed by atoms with Gasteiger partial charge in [-0.15, -0.1) is 0 Å². The molecule has 0 amide bonds. The van der Waals surface area contributed by atoms with Crippen LogP contribution in [0.15, 0.2) is 29.8 Å². The summed E-state index contributed by atoms with van der Waals surface area (Å²) in [5, 5.41) is 17.6. The third kappa shape index (κ3) is 6.57. The molecule has 0 bridgehead atoms. The van der Waals surface area contributed by atoms with Crippen LogP contribution in [0.4, 0.5) is 0 Å². The van der Waals surface area contributed by atoms with E-state index in [0.29, 0.717) is 11.8 Å². The van der Waals surface area contributed by atoms with Crippen molar-refractivity contribution in [2.24, 2.45) is 11.8 Å². The lowest BCUT2D eigenvalue weighted by Crippen LogP contribution is -2.30. The van der Waals surface area contributed by atoms with E-state index in [2.05, 4.69) is 44.7 Å². The van der Waals surface area contributed by atoms with Gasteiger partial charge >= 0.3 is 0 Å². The summed E-state index contributed by atoms with van der Waals surface area (Å²) in [4.78, 5) is 2.48. The number of hydrogen-bond donors (Lipinski definition) is 0. The molecule has 1 aromatic rings. The summed E-state index contributed by atoms with van der Waals surface area (Å²) in [5.41, 5.74) is 2.28. The Balaban J connectivity index is 2.79. The Bertz CT molecular complexity index is 542. The topological polar surface area (TPSA) is 50.8 Å². The number of hydrogen-bond acceptors (Lipinski definition) is 3. The molecule has 3 nitrogen and oxygen atoms in total. The molecule has 0 aromatic heterocycles. The quantitative estimate of drug-likeness (QED) is 0.707. The van der Waals surface area contributed by atoms with Gasteiger partial charge in [-0.25, -0.2) is 0 Å². The van der Waals surface area contributed by atoms with E-state index in [1.807, 2.05) is 24.3 Å². The molecule has 0 fully saturated rings. The average molecular weight is 295 g/mol. The molecule has 1 rings (SSSR count). The lowest BCUT2D eigenvalue weighted by Gasteiger charge is -2.26. The average Bonchev–Trinajstić information content (AvgIpc) is 2.45. The van der Waals surface area contributed by atoms with Crippen molar-refractivity contribution in [2.45, 2.75) is 34.2 Å². The number of allylic oxidation sites excluding steroid dienone is 1. The molecule has 116 valence electrons. The van der Waals surface area contributed by atoms with Crippen molar-refractivity contribution in [1.29, 1.82) is 10.5 Å². The highest BCUT2D eigenvalue weighted by atomic mass is 15.1. The molecule has 0 aliphatic rings. The Morgan fingerprint density at radius 1 is 1.00 bits per heavy atom. The first kappa shape index (κ1) is 18.0. The second-order valence-corrected chi connectivity index (χ2v) is 6.50. The summed E-state index contributed by atoms with van der Waals surface area (Å²) in [6.45, 7) is 12.1. The molecule has 22 heavy (non-hydrogen) atoms. The van der Waals surface area contributed by atoms with Crippen LogP contribution in [-0.4, -0.2) is 18.0 Å². The molecule has 1 aromatic carbocycles. The van der Waals surface area contributed by atoms with Crippen molar-refractivity contribution < 1.29 is 0 Å². The summed E-state index contributed by atoms with van der Waals surface area (Å²) < 4.78 is 0. The fraction of sp³-hybridized carbons (Fsp3) is 0.474. The Hall–Kier alpha value is -2.10. The molecule has 0 spiro atoms. The van der Waals surface area contributed by atoms with E-state index in [9.17, 15) is 0 Å². The predicted octanol–water partition coefficient (Wildman–Crippen LogP) is 4.23. The first-order valence-corrected chi connectivity index (χ1v) is 7.77. The van der Waals surface area contributed by atoms with Crippen LogP contribution in [-0.2, 0) is 6.54 Å². The van der Waals surface area contributed by atoms with Crippen LogP contribution in [0, 0.1) is 34.5 Å². The van der Waals surface area contributed by atoms with Gasteiger partial charge in [0, 0.05) is 19.6 Å². The van der Waals surface area contributed by atoms with Crippen molar-refractivity contribution in [1.82, 2.24) is 4.90 Å². The van der Waals surface area contributed by atoms with Gasteiger partial charge in [0.25, 0.3) is 0 Å². The molecule has 0 N–H and O–H groups in total. The molecule has 0 aliphatic heterocycles. The van der Waals surface area contributed by atoms with E-state index in [1.54, 1.807) is 6.08 Å². The Kier molecular flexibility index (Phi) is 7.37. The fourth-order valence-corrected chi connectivity index (χ4v) is 2.47. The van der Waals surface area contributed by atoms with Gasteiger partial charge < -0.3 is 0 Å². The van der Waals surface area contributed by atoms with Crippen LogP contribution in [0.2, 0.25) is 0 Å². The van der Waals surface area contributed by atoms with E-state index in [4.69, 9.17) is 10.5 Å². The number of rotatable bonds is 7. The normalized spacial score (nSPS) is 10.6. The van der Waals surface area contributed by atoms with Crippen LogP contribution in [0.5, 0.6) is 0 Å². The Morgan fingerprint density at radius 2 is 1.50 bits per heavy atom. The van der Waals surface area contributed by atoms with E-state index < -0.39 is 0 Å². The van der Waals surface area contributed by atoms with Gasteiger partial charge in [-0.3, -0.25) is 4.90 Å². The van der Waals surface area contributed by atoms with Crippen LogP contribution in [0.1, 0.15) is 38.8 Å². The van der Waals surface area contributed by atoms with Crippen LogP contribution in [0.3, 0.4) is 0 Å². The molecule has 0 saturated carbocycles. The number of nitriles is 2. The third-order valence-corrected chi connectivity index (χ3v) is 3.18. The lowest BCUT2D eigenvalue weighted by atomic mass is 10.1. The second-order valence-electron chi connectivity index (χ2n) is 6.50. The van der Waals surface area contributed by atoms with Crippen LogP contribution in [0.25, 0.3) is 6.08 Å². The van der Waals surface area contributed by atoms with Crippen molar-refractivity contribution in [2.75, 3.05) is 13.1 Å². The number of nitrogens with zero attached hydrogens (tertiary/aromatic N) is 3. The van der Waals surface area contributed by atoms with Gasteiger partial charge in [0.05, 0.1) is 0 Å². The van der Waals surface area contributed by atoms with E-state index in [-0.39, 0.29) is 5.57 Å².